The largest absolute Gasteiger partial charge is 0.478 e. The normalized spacial score (nSPS) is 16.6. The molecule has 1 atom stereocenters. The van der Waals surface area contributed by atoms with E-state index in [-0.39, 0.29) is 46.8 Å². The fourth-order valence-electron chi connectivity index (χ4n) is 6.45. The standard InChI is InChI=1S/C40H43F5N6O6/c1-22-19-28(35(54)55)15-18-30(22)25-9-5-23(6-10-25)20-31(48-33(52)27-11-7-24(8-12-27)21-46-37(56)57-38(2,3)4)34(53)47-29-16-13-26(14-17-29)32-49-36(51-50-32)39(41,42)40(43,44)45/h5-6,9-10,13-19,24,27,31H,7-8,11-12,20-21H2,1-4H3,(H,46,56)(H,47,53)(H,48,52)(H,54,55)(H,49,50,51). The topological polar surface area (TPSA) is 175 Å². The van der Waals surface area contributed by atoms with Gasteiger partial charge in [-0.25, -0.2) is 9.59 Å². The molecule has 1 unspecified atom stereocenters. The number of H-pyrrole nitrogens is 1. The number of aromatic carboxylic acids is 1. The van der Waals surface area contributed by atoms with Gasteiger partial charge in [-0.1, -0.05) is 30.3 Å². The van der Waals surface area contributed by atoms with Gasteiger partial charge in [-0.2, -0.15) is 22.0 Å². The van der Waals surface area contributed by atoms with Crippen LogP contribution in [0.1, 0.15) is 73.8 Å². The number of carbonyl (C=O) groups excluding carboxylic acids is 3. The van der Waals surface area contributed by atoms with Gasteiger partial charge in [-0.15, -0.1) is 10.2 Å². The van der Waals surface area contributed by atoms with Crippen molar-refractivity contribution in [2.75, 3.05) is 11.9 Å². The van der Waals surface area contributed by atoms with Crippen molar-refractivity contribution in [3.8, 4) is 22.5 Å². The molecule has 17 heteroatoms. The van der Waals surface area contributed by atoms with Crippen LogP contribution in [0.4, 0.5) is 32.4 Å². The van der Waals surface area contributed by atoms with Gasteiger partial charge in [0, 0.05) is 30.1 Å². The van der Waals surface area contributed by atoms with Crippen LogP contribution < -0.4 is 16.0 Å². The molecular weight excluding hydrogens is 755 g/mol. The van der Waals surface area contributed by atoms with E-state index in [1.54, 1.807) is 52.0 Å². The Morgan fingerprint density at radius 1 is 0.877 bits per heavy atom. The first-order chi connectivity index (χ1) is 26.7. The van der Waals surface area contributed by atoms with E-state index >= 15 is 0 Å². The molecule has 304 valence electrons. The summed E-state index contributed by atoms with van der Waals surface area (Å²) in [6.45, 7) is 7.53. The highest BCUT2D eigenvalue weighted by molar-refractivity contribution is 5.98. The minimum Gasteiger partial charge on any atom is -0.478 e. The Hall–Kier alpha value is -5.87. The monoisotopic (exact) mass is 798 g/mol. The van der Waals surface area contributed by atoms with Crippen molar-refractivity contribution in [2.45, 2.75) is 83.5 Å². The van der Waals surface area contributed by atoms with Gasteiger partial charge in [0.05, 0.1) is 5.56 Å². The Bertz CT molecular complexity index is 2070. The molecule has 5 rings (SSSR count). The average Bonchev–Trinajstić information content (AvgIpc) is 3.65. The van der Waals surface area contributed by atoms with Crippen LogP contribution in [0, 0.1) is 18.8 Å². The second kappa shape index (κ2) is 17.1. The molecule has 1 fully saturated rings. The average molecular weight is 799 g/mol. The summed E-state index contributed by atoms with van der Waals surface area (Å²) in [5, 5.41) is 24.1. The predicted molar refractivity (Wildman–Crippen MR) is 199 cm³/mol. The number of alkyl halides is 5. The van der Waals surface area contributed by atoms with Gasteiger partial charge in [-0.05, 0) is 118 Å². The molecule has 1 aromatic heterocycles. The third-order valence-corrected chi connectivity index (χ3v) is 9.53. The summed E-state index contributed by atoms with van der Waals surface area (Å²) in [5.74, 6) is -9.39. The van der Waals surface area contributed by atoms with Crippen molar-refractivity contribution in [3.05, 3.63) is 89.2 Å². The maximum atomic E-state index is 13.8. The summed E-state index contributed by atoms with van der Waals surface area (Å²) in [4.78, 5) is 52.8. The van der Waals surface area contributed by atoms with Crippen LogP contribution in [-0.4, -0.2) is 68.5 Å². The van der Waals surface area contributed by atoms with Crippen molar-refractivity contribution in [2.24, 2.45) is 11.8 Å². The summed E-state index contributed by atoms with van der Waals surface area (Å²) >= 11 is 0. The summed E-state index contributed by atoms with van der Waals surface area (Å²) in [7, 11) is 0. The number of aromatic nitrogens is 3. The quantitative estimate of drug-likeness (QED) is 0.0903. The number of nitrogens with zero attached hydrogens (tertiary/aromatic N) is 2. The summed E-state index contributed by atoms with van der Waals surface area (Å²) < 4.78 is 71.2. The number of amides is 3. The summed E-state index contributed by atoms with van der Waals surface area (Å²) in [5.41, 5.74) is 3.02. The lowest BCUT2D eigenvalue weighted by molar-refractivity contribution is -0.292. The number of hydrogen-bond donors (Lipinski definition) is 5. The number of aromatic amines is 1. The molecular formula is C40H43F5N6O6. The zero-order chi connectivity index (χ0) is 41.7. The Morgan fingerprint density at radius 2 is 1.51 bits per heavy atom. The fourth-order valence-corrected chi connectivity index (χ4v) is 6.45. The third kappa shape index (κ3) is 10.9. The highest BCUT2D eigenvalue weighted by atomic mass is 19.4. The minimum atomic E-state index is -5.87. The maximum absolute atomic E-state index is 13.8. The first kappa shape index (κ1) is 42.3. The van der Waals surface area contributed by atoms with E-state index < -0.39 is 47.5 Å². The maximum Gasteiger partial charge on any atom is 0.461 e. The number of carboxylic acids is 1. The van der Waals surface area contributed by atoms with Crippen LogP contribution in [0.3, 0.4) is 0 Å². The molecule has 5 N–H and O–H groups in total. The molecule has 1 saturated carbocycles. The van der Waals surface area contributed by atoms with E-state index in [0.29, 0.717) is 37.8 Å². The van der Waals surface area contributed by atoms with Crippen LogP contribution in [0.2, 0.25) is 0 Å². The highest BCUT2D eigenvalue weighted by Gasteiger charge is 2.61. The van der Waals surface area contributed by atoms with Crippen molar-refractivity contribution in [3.63, 3.8) is 0 Å². The van der Waals surface area contributed by atoms with E-state index in [1.807, 2.05) is 17.1 Å². The van der Waals surface area contributed by atoms with Crippen LogP contribution in [-0.2, 0) is 26.7 Å². The van der Waals surface area contributed by atoms with E-state index in [9.17, 15) is 46.2 Å². The first-order valence-electron chi connectivity index (χ1n) is 18.2. The van der Waals surface area contributed by atoms with Gasteiger partial charge in [0.2, 0.25) is 17.6 Å². The van der Waals surface area contributed by atoms with Crippen LogP contribution >= 0.6 is 0 Å². The molecule has 1 aliphatic rings. The van der Waals surface area contributed by atoms with Crippen molar-refractivity contribution in [1.29, 1.82) is 0 Å². The van der Waals surface area contributed by atoms with E-state index in [2.05, 4.69) is 26.1 Å². The van der Waals surface area contributed by atoms with Crippen LogP contribution in [0.5, 0.6) is 0 Å². The second-order valence-electron chi connectivity index (χ2n) is 15.1. The molecule has 0 bridgehead atoms. The van der Waals surface area contributed by atoms with Crippen molar-refractivity contribution >= 4 is 29.6 Å². The Morgan fingerprint density at radius 3 is 2.09 bits per heavy atom. The number of nitrogens with one attached hydrogen (secondary N) is 4. The third-order valence-electron chi connectivity index (χ3n) is 9.53. The number of aryl methyl sites for hydroxylation is 1. The van der Waals surface area contributed by atoms with E-state index in [4.69, 9.17) is 4.74 Å². The van der Waals surface area contributed by atoms with Gasteiger partial charge >= 0.3 is 24.2 Å². The SMILES string of the molecule is Cc1cc(C(=O)O)ccc1-c1ccc(CC(NC(=O)C2CCC(CNC(=O)OC(C)(C)C)CC2)C(=O)Nc2ccc(-c3nnc(C(F)(F)C(F)(F)F)[nH]3)cc2)cc1. The van der Waals surface area contributed by atoms with Crippen molar-refractivity contribution < 1.29 is 51.0 Å². The van der Waals surface area contributed by atoms with Gasteiger partial charge in [-0.3, -0.25) is 9.59 Å². The summed E-state index contributed by atoms with van der Waals surface area (Å²) in [6, 6.07) is 16.5. The summed E-state index contributed by atoms with van der Waals surface area (Å²) in [6.07, 6.45) is -3.87. The Balaban J connectivity index is 1.28. The molecule has 3 amide bonds. The number of rotatable bonds is 12. The lowest BCUT2D eigenvalue weighted by Crippen LogP contribution is -2.48. The number of ether oxygens (including phenoxy) is 1. The van der Waals surface area contributed by atoms with Crippen LogP contribution in [0.15, 0.2) is 66.7 Å². The molecule has 1 heterocycles. The number of alkyl carbamates (subject to hydrolysis) is 1. The number of carbonyl (C=O) groups is 4. The van der Waals surface area contributed by atoms with Gasteiger partial charge in [0.25, 0.3) is 0 Å². The Labute approximate surface area is 325 Å². The lowest BCUT2D eigenvalue weighted by atomic mass is 9.81. The number of anilines is 1. The molecule has 0 radical (unpaired) electrons. The predicted octanol–water partition coefficient (Wildman–Crippen LogP) is 7.80. The molecule has 0 saturated heterocycles. The smallest absolute Gasteiger partial charge is 0.461 e. The highest BCUT2D eigenvalue weighted by Crippen LogP contribution is 2.42. The molecule has 1 aliphatic carbocycles. The van der Waals surface area contributed by atoms with E-state index in [0.717, 1.165) is 16.7 Å². The second-order valence-corrected chi connectivity index (χ2v) is 15.1. The van der Waals surface area contributed by atoms with Gasteiger partial charge < -0.3 is 30.8 Å². The number of hydrogen-bond acceptors (Lipinski definition) is 7. The molecule has 4 aromatic rings. The molecule has 0 aliphatic heterocycles. The number of halogens is 5. The molecule has 3 aromatic carbocycles. The lowest BCUT2D eigenvalue weighted by Gasteiger charge is -2.29. The molecule has 12 nitrogen and oxygen atoms in total. The zero-order valence-electron chi connectivity index (χ0n) is 31.6. The van der Waals surface area contributed by atoms with E-state index in [1.165, 1.54) is 30.3 Å². The molecule has 0 spiro atoms. The first-order valence-corrected chi connectivity index (χ1v) is 18.2. The minimum absolute atomic E-state index is 0.0935. The molecule has 57 heavy (non-hydrogen) atoms. The van der Waals surface area contributed by atoms with Gasteiger partial charge in [0.1, 0.15) is 11.6 Å². The number of benzene rings is 3. The van der Waals surface area contributed by atoms with Gasteiger partial charge in [0.15, 0.2) is 5.82 Å². The Kier molecular flexibility index (Phi) is 12.7. The van der Waals surface area contributed by atoms with Crippen LogP contribution in [0.25, 0.3) is 22.5 Å². The number of carboxylic acid groups (broad SMARTS) is 1. The zero-order valence-corrected chi connectivity index (χ0v) is 31.6. The fraction of sp³-hybridized carbons (Fsp3) is 0.400. The van der Waals surface area contributed by atoms with Crippen molar-refractivity contribution in [1.82, 2.24) is 25.8 Å².